The molecule has 20 heavy (non-hydrogen) atoms. The van der Waals surface area contributed by atoms with Gasteiger partial charge >= 0.3 is 0 Å². The van der Waals surface area contributed by atoms with Crippen LogP contribution in [0.4, 0.5) is 0 Å². The maximum absolute atomic E-state index is 11.7. The number of primary amides is 1. The van der Waals surface area contributed by atoms with Crippen LogP contribution in [-0.2, 0) is 0 Å². The van der Waals surface area contributed by atoms with Crippen LogP contribution in [0.3, 0.4) is 0 Å². The van der Waals surface area contributed by atoms with Crippen molar-refractivity contribution in [2.75, 3.05) is 7.11 Å². The second-order valence-corrected chi connectivity index (χ2v) is 5.16. The van der Waals surface area contributed by atoms with Gasteiger partial charge in [0.15, 0.2) is 0 Å². The quantitative estimate of drug-likeness (QED) is 0.801. The first kappa shape index (κ1) is 12.6. The van der Waals surface area contributed by atoms with E-state index < -0.39 is 5.91 Å². The Hall–Kier alpha value is -2.47. The van der Waals surface area contributed by atoms with Crippen LogP contribution in [0.25, 0.3) is 21.3 Å². The summed E-state index contributed by atoms with van der Waals surface area (Å²) in [6.07, 6.45) is 3.14. The van der Waals surface area contributed by atoms with Crippen molar-refractivity contribution >= 4 is 27.5 Å². The lowest BCUT2D eigenvalue weighted by molar-refractivity contribution is 0.100. The number of aromatic nitrogens is 2. The Kier molecular flexibility index (Phi) is 3.08. The van der Waals surface area contributed by atoms with Gasteiger partial charge < -0.3 is 10.5 Å². The van der Waals surface area contributed by atoms with E-state index in [-0.39, 0.29) is 0 Å². The standard InChI is InChI=1S/C14H11N3O2S/c1-19-9-5-3-2-4-8(9)11-12-10(6-16-7-17-12)20-13(11)14(15)18/h2-7H,1H3,(H2,15,18). The highest BCUT2D eigenvalue weighted by molar-refractivity contribution is 7.21. The summed E-state index contributed by atoms with van der Waals surface area (Å²) in [5.74, 6) is 0.196. The molecule has 3 aromatic rings. The third kappa shape index (κ3) is 1.90. The van der Waals surface area contributed by atoms with Crippen LogP contribution in [0.1, 0.15) is 9.67 Å². The summed E-state index contributed by atoms with van der Waals surface area (Å²) in [5, 5.41) is 0. The number of hydrogen-bond acceptors (Lipinski definition) is 5. The molecule has 3 rings (SSSR count). The van der Waals surface area contributed by atoms with E-state index in [1.165, 1.54) is 17.7 Å². The summed E-state index contributed by atoms with van der Waals surface area (Å²) >= 11 is 1.29. The monoisotopic (exact) mass is 285 g/mol. The van der Waals surface area contributed by atoms with E-state index in [0.717, 1.165) is 10.3 Å². The van der Waals surface area contributed by atoms with Gasteiger partial charge in [0.2, 0.25) is 0 Å². The number of fused-ring (bicyclic) bond motifs is 1. The summed E-state index contributed by atoms with van der Waals surface area (Å²) in [4.78, 5) is 20.4. The van der Waals surface area contributed by atoms with Crippen LogP contribution in [0.15, 0.2) is 36.8 Å². The maximum Gasteiger partial charge on any atom is 0.259 e. The van der Waals surface area contributed by atoms with Crippen molar-refractivity contribution in [3.05, 3.63) is 41.7 Å². The highest BCUT2D eigenvalue weighted by atomic mass is 32.1. The van der Waals surface area contributed by atoms with Crippen molar-refractivity contribution < 1.29 is 9.53 Å². The van der Waals surface area contributed by atoms with E-state index in [9.17, 15) is 4.79 Å². The highest BCUT2D eigenvalue weighted by Crippen LogP contribution is 2.40. The molecule has 2 heterocycles. The number of benzene rings is 1. The summed E-state index contributed by atoms with van der Waals surface area (Å²) in [6.45, 7) is 0. The average molecular weight is 285 g/mol. The molecule has 0 aliphatic carbocycles. The second kappa shape index (κ2) is 4.90. The molecule has 1 aromatic carbocycles. The Bertz CT molecular complexity index is 798. The van der Waals surface area contributed by atoms with Gasteiger partial charge in [0, 0.05) is 17.3 Å². The second-order valence-electron chi connectivity index (χ2n) is 4.11. The Balaban J connectivity index is 2.39. The van der Waals surface area contributed by atoms with Crippen LogP contribution in [0.5, 0.6) is 5.75 Å². The van der Waals surface area contributed by atoms with Gasteiger partial charge in [-0.1, -0.05) is 18.2 Å². The minimum absolute atomic E-state index is 0.463. The predicted molar refractivity (Wildman–Crippen MR) is 77.9 cm³/mol. The zero-order valence-corrected chi connectivity index (χ0v) is 11.5. The molecule has 0 saturated carbocycles. The van der Waals surface area contributed by atoms with Crippen molar-refractivity contribution in [3.8, 4) is 16.9 Å². The zero-order chi connectivity index (χ0) is 14.1. The number of thiophene rings is 1. The number of hydrogen-bond donors (Lipinski definition) is 1. The van der Waals surface area contributed by atoms with Crippen LogP contribution >= 0.6 is 11.3 Å². The van der Waals surface area contributed by atoms with Gasteiger partial charge in [0.05, 0.1) is 17.3 Å². The molecule has 0 unspecified atom stereocenters. The molecule has 6 heteroatoms. The fourth-order valence-electron chi connectivity index (χ4n) is 2.12. The molecule has 0 atom stereocenters. The fraction of sp³-hybridized carbons (Fsp3) is 0.0714. The summed E-state index contributed by atoms with van der Waals surface area (Å²) in [5.41, 5.74) is 7.71. The molecule has 0 radical (unpaired) electrons. The summed E-state index contributed by atoms with van der Waals surface area (Å²) in [7, 11) is 1.59. The van der Waals surface area contributed by atoms with Gasteiger partial charge in [0.25, 0.3) is 5.91 Å². The number of nitrogens with two attached hydrogens (primary N) is 1. The molecule has 0 bridgehead atoms. The number of ether oxygens (including phenoxy) is 1. The van der Waals surface area contributed by atoms with E-state index in [1.807, 2.05) is 24.3 Å². The number of nitrogens with zero attached hydrogens (tertiary/aromatic N) is 2. The molecule has 0 fully saturated rings. The average Bonchev–Trinajstić information content (AvgIpc) is 2.86. The van der Waals surface area contributed by atoms with E-state index in [0.29, 0.717) is 21.7 Å². The predicted octanol–water partition coefficient (Wildman–Crippen LogP) is 2.47. The normalized spacial score (nSPS) is 10.7. The topological polar surface area (TPSA) is 78.1 Å². The molecular formula is C14H11N3O2S. The Labute approximate surface area is 119 Å². The van der Waals surface area contributed by atoms with Crippen molar-refractivity contribution in [3.63, 3.8) is 0 Å². The van der Waals surface area contributed by atoms with E-state index in [1.54, 1.807) is 13.3 Å². The fourth-order valence-corrected chi connectivity index (χ4v) is 3.12. The minimum Gasteiger partial charge on any atom is -0.496 e. The van der Waals surface area contributed by atoms with Gasteiger partial charge in [-0.15, -0.1) is 11.3 Å². The zero-order valence-electron chi connectivity index (χ0n) is 10.7. The first-order valence-electron chi connectivity index (χ1n) is 5.88. The van der Waals surface area contributed by atoms with Crippen molar-refractivity contribution in [2.45, 2.75) is 0 Å². The summed E-state index contributed by atoms with van der Waals surface area (Å²) < 4.78 is 6.18. The highest BCUT2D eigenvalue weighted by Gasteiger charge is 2.21. The minimum atomic E-state index is -0.478. The largest absolute Gasteiger partial charge is 0.496 e. The van der Waals surface area contributed by atoms with Crippen LogP contribution in [0.2, 0.25) is 0 Å². The van der Waals surface area contributed by atoms with Crippen molar-refractivity contribution in [1.82, 2.24) is 9.97 Å². The van der Waals surface area contributed by atoms with Crippen molar-refractivity contribution in [1.29, 1.82) is 0 Å². The molecule has 0 aliphatic rings. The molecular weight excluding hydrogens is 274 g/mol. The van der Waals surface area contributed by atoms with Gasteiger partial charge in [-0.3, -0.25) is 4.79 Å². The van der Waals surface area contributed by atoms with E-state index in [2.05, 4.69) is 9.97 Å². The molecule has 0 saturated heterocycles. The number of para-hydroxylation sites is 1. The lowest BCUT2D eigenvalue weighted by Crippen LogP contribution is -2.10. The molecule has 1 amide bonds. The van der Waals surface area contributed by atoms with Gasteiger partial charge in [-0.25, -0.2) is 9.97 Å². The third-order valence-corrected chi connectivity index (χ3v) is 4.08. The lowest BCUT2D eigenvalue weighted by atomic mass is 10.0. The SMILES string of the molecule is COc1ccccc1-c1c(C(N)=O)sc2cncnc12. The van der Waals surface area contributed by atoms with E-state index in [4.69, 9.17) is 10.5 Å². The molecule has 0 spiro atoms. The van der Waals surface area contributed by atoms with Gasteiger partial charge in [-0.05, 0) is 6.07 Å². The van der Waals surface area contributed by atoms with Gasteiger partial charge in [0.1, 0.15) is 17.0 Å². The first-order valence-corrected chi connectivity index (χ1v) is 6.69. The van der Waals surface area contributed by atoms with Crippen LogP contribution < -0.4 is 10.5 Å². The number of rotatable bonds is 3. The Morgan fingerprint density at radius 3 is 2.90 bits per heavy atom. The smallest absolute Gasteiger partial charge is 0.259 e. The van der Waals surface area contributed by atoms with Gasteiger partial charge in [-0.2, -0.15) is 0 Å². The first-order chi connectivity index (χ1) is 9.72. The van der Waals surface area contributed by atoms with Crippen LogP contribution in [0, 0.1) is 0 Å². The number of carbonyl (C=O) groups excluding carboxylic acids is 1. The van der Waals surface area contributed by atoms with Crippen LogP contribution in [-0.4, -0.2) is 23.0 Å². The Morgan fingerprint density at radius 2 is 2.15 bits per heavy atom. The molecule has 0 aliphatic heterocycles. The third-order valence-electron chi connectivity index (χ3n) is 2.95. The van der Waals surface area contributed by atoms with Crippen molar-refractivity contribution in [2.24, 2.45) is 5.73 Å². The molecule has 2 aromatic heterocycles. The maximum atomic E-state index is 11.7. The molecule has 5 nitrogen and oxygen atoms in total. The molecule has 2 N–H and O–H groups in total. The van der Waals surface area contributed by atoms with E-state index >= 15 is 0 Å². The number of amides is 1. The number of carbonyl (C=O) groups is 1. The Morgan fingerprint density at radius 1 is 1.35 bits per heavy atom. The number of methoxy groups -OCH3 is 1. The molecule has 100 valence electrons. The lowest BCUT2D eigenvalue weighted by Gasteiger charge is -2.08. The summed E-state index contributed by atoms with van der Waals surface area (Å²) in [6, 6.07) is 7.48.